The zero-order chi connectivity index (χ0) is 32.0. The van der Waals surface area contributed by atoms with E-state index in [1.807, 2.05) is 42.6 Å². The molecule has 2 fully saturated rings. The van der Waals surface area contributed by atoms with Crippen molar-refractivity contribution in [1.82, 2.24) is 14.9 Å². The molecule has 0 radical (unpaired) electrons. The van der Waals surface area contributed by atoms with Crippen molar-refractivity contribution in [2.75, 3.05) is 44.8 Å². The normalized spacial score (nSPS) is 15.1. The summed E-state index contributed by atoms with van der Waals surface area (Å²) in [4.78, 5) is 24.7. The molecule has 1 aliphatic carbocycles. The standard InChI is InChI=1S/C37H37FN4O4S/c38-31-20-26(19-29(43)18-25-4-5-25)7-9-34(31)46-35-10-11-39-33-22-36(47-37(33)35)32-8-6-27(24-41-32)23-40-28-2-1-3-30(21-28)45-17-14-42-12-15-44-16-13-42/h1-3,6-11,20-22,24-25,40H,4-5,12-19,23H2. The molecule has 0 spiro atoms. The SMILES string of the molecule is O=C(Cc1ccc(Oc2ccnc3cc(-c4ccc(CNc5cccc(OCCN6CCOCC6)c5)cn4)sc23)c(F)c1)CC1CC1. The van der Waals surface area contributed by atoms with E-state index in [2.05, 4.69) is 21.3 Å². The Kier molecular flexibility index (Phi) is 9.69. The van der Waals surface area contributed by atoms with Gasteiger partial charge in [0.25, 0.3) is 0 Å². The molecule has 0 unspecified atom stereocenters. The molecule has 0 amide bonds. The van der Waals surface area contributed by atoms with Gasteiger partial charge < -0.3 is 19.5 Å². The molecular weight excluding hydrogens is 615 g/mol. The maximum atomic E-state index is 15.0. The van der Waals surface area contributed by atoms with Gasteiger partial charge in [0.15, 0.2) is 11.6 Å². The van der Waals surface area contributed by atoms with Gasteiger partial charge in [0.05, 0.1) is 34.0 Å². The van der Waals surface area contributed by atoms with E-state index in [4.69, 9.17) is 19.2 Å². The number of hydrogen-bond donors (Lipinski definition) is 1. The molecule has 242 valence electrons. The van der Waals surface area contributed by atoms with Gasteiger partial charge in [0.2, 0.25) is 0 Å². The quantitative estimate of drug-likeness (QED) is 0.132. The Balaban J connectivity index is 0.956. The number of Topliss-reactive ketones (excluding diaryl/α,β-unsaturated/α-hetero) is 1. The van der Waals surface area contributed by atoms with Crippen molar-refractivity contribution in [3.63, 3.8) is 0 Å². The zero-order valence-corrected chi connectivity index (χ0v) is 26.9. The van der Waals surface area contributed by atoms with Crippen LogP contribution in [0.15, 0.2) is 79.1 Å². The number of carbonyl (C=O) groups excluding carboxylic acids is 1. The van der Waals surface area contributed by atoms with Crippen molar-refractivity contribution in [2.24, 2.45) is 5.92 Å². The van der Waals surface area contributed by atoms with Crippen LogP contribution in [0.2, 0.25) is 0 Å². The van der Waals surface area contributed by atoms with E-state index in [1.54, 1.807) is 24.4 Å². The van der Waals surface area contributed by atoms with E-state index in [1.165, 1.54) is 17.4 Å². The number of hydrogen-bond acceptors (Lipinski definition) is 9. The van der Waals surface area contributed by atoms with Gasteiger partial charge >= 0.3 is 0 Å². The third-order valence-corrected chi connectivity index (χ3v) is 9.56. The van der Waals surface area contributed by atoms with Crippen LogP contribution in [0, 0.1) is 11.7 Å². The second-order valence-corrected chi connectivity index (χ2v) is 13.2. The number of carbonyl (C=O) groups is 1. The molecule has 1 saturated carbocycles. The van der Waals surface area contributed by atoms with Crippen molar-refractivity contribution in [2.45, 2.75) is 32.2 Å². The number of morpholine rings is 1. The van der Waals surface area contributed by atoms with Crippen molar-refractivity contribution in [3.8, 4) is 27.8 Å². The van der Waals surface area contributed by atoms with E-state index in [0.717, 1.165) is 83.5 Å². The summed E-state index contributed by atoms with van der Waals surface area (Å²) in [5.41, 5.74) is 4.27. The highest BCUT2D eigenvalue weighted by molar-refractivity contribution is 7.22. The fourth-order valence-corrected chi connectivity index (χ4v) is 6.66. The number of ether oxygens (including phenoxy) is 3. The van der Waals surface area contributed by atoms with Gasteiger partial charge in [0.1, 0.15) is 23.9 Å². The first kappa shape index (κ1) is 31.2. The predicted octanol–water partition coefficient (Wildman–Crippen LogP) is 7.52. The summed E-state index contributed by atoms with van der Waals surface area (Å²) in [6, 6.07) is 20.5. The van der Waals surface area contributed by atoms with Crippen molar-refractivity contribution in [1.29, 1.82) is 0 Å². The van der Waals surface area contributed by atoms with Crippen LogP contribution < -0.4 is 14.8 Å². The van der Waals surface area contributed by atoms with Crippen LogP contribution in [-0.4, -0.2) is 60.1 Å². The molecule has 1 N–H and O–H groups in total. The molecule has 3 aromatic heterocycles. The van der Waals surface area contributed by atoms with Crippen molar-refractivity contribution in [3.05, 3.63) is 96.1 Å². The van der Waals surface area contributed by atoms with Crippen LogP contribution >= 0.6 is 11.3 Å². The van der Waals surface area contributed by atoms with Gasteiger partial charge in [0, 0.05) is 69.2 Å². The Hall–Kier alpha value is -4.38. The molecule has 47 heavy (non-hydrogen) atoms. The lowest BCUT2D eigenvalue weighted by Gasteiger charge is -2.26. The molecule has 0 bridgehead atoms. The number of anilines is 1. The van der Waals surface area contributed by atoms with Gasteiger partial charge in [-0.2, -0.15) is 0 Å². The maximum Gasteiger partial charge on any atom is 0.166 e. The minimum absolute atomic E-state index is 0.117. The van der Waals surface area contributed by atoms with Crippen LogP contribution in [-0.2, 0) is 22.5 Å². The number of nitrogens with one attached hydrogen (secondary N) is 1. The highest BCUT2D eigenvalue weighted by atomic mass is 32.1. The summed E-state index contributed by atoms with van der Waals surface area (Å²) >= 11 is 1.50. The van der Waals surface area contributed by atoms with E-state index >= 15 is 0 Å². The molecule has 8 nitrogen and oxygen atoms in total. The van der Waals surface area contributed by atoms with Crippen LogP contribution in [0.3, 0.4) is 0 Å². The number of nitrogens with zero attached hydrogens (tertiary/aromatic N) is 3. The number of halogens is 1. The highest BCUT2D eigenvalue weighted by Gasteiger charge is 2.24. The fraction of sp³-hybridized carbons (Fsp3) is 0.324. The van der Waals surface area contributed by atoms with Gasteiger partial charge in [-0.15, -0.1) is 11.3 Å². The lowest BCUT2D eigenvalue weighted by Crippen LogP contribution is -2.38. The Morgan fingerprint density at radius 2 is 1.87 bits per heavy atom. The van der Waals surface area contributed by atoms with E-state index in [0.29, 0.717) is 36.8 Å². The van der Waals surface area contributed by atoms with E-state index < -0.39 is 5.82 Å². The molecule has 1 aliphatic heterocycles. The molecule has 2 aliphatic rings. The lowest BCUT2D eigenvalue weighted by molar-refractivity contribution is -0.118. The minimum Gasteiger partial charge on any atom is -0.492 e. The first-order valence-corrected chi connectivity index (χ1v) is 17.0. The number of ketones is 1. The average Bonchev–Trinajstić information content (AvgIpc) is 3.79. The molecule has 4 heterocycles. The van der Waals surface area contributed by atoms with E-state index in [-0.39, 0.29) is 18.0 Å². The third-order valence-electron chi connectivity index (χ3n) is 8.39. The summed E-state index contributed by atoms with van der Waals surface area (Å²) in [6.45, 7) is 5.63. The van der Waals surface area contributed by atoms with Gasteiger partial charge in [-0.3, -0.25) is 19.7 Å². The lowest BCUT2D eigenvalue weighted by atomic mass is 10.0. The summed E-state index contributed by atoms with van der Waals surface area (Å²) < 4.78 is 33.2. The number of rotatable bonds is 14. The number of benzene rings is 2. The van der Waals surface area contributed by atoms with Crippen molar-refractivity contribution < 1.29 is 23.4 Å². The summed E-state index contributed by atoms with van der Waals surface area (Å²) in [5.74, 6) is 1.68. The summed E-state index contributed by atoms with van der Waals surface area (Å²) in [7, 11) is 0. The number of thiophene rings is 1. The minimum atomic E-state index is -0.489. The Bertz CT molecular complexity index is 1840. The Morgan fingerprint density at radius 1 is 1.00 bits per heavy atom. The molecule has 0 atom stereocenters. The second kappa shape index (κ2) is 14.6. The fourth-order valence-electron chi connectivity index (χ4n) is 5.61. The smallest absolute Gasteiger partial charge is 0.166 e. The number of fused-ring (bicyclic) bond motifs is 1. The molecule has 1 saturated heterocycles. The average molecular weight is 653 g/mol. The topological polar surface area (TPSA) is 85.8 Å². The summed E-state index contributed by atoms with van der Waals surface area (Å²) in [5, 5.41) is 3.46. The van der Waals surface area contributed by atoms with Gasteiger partial charge in [-0.1, -0.05) is 18.2 Å². The third kappa shape index (κ3) is 8.32. The zero-order valence-electron chi connectivity index (χ0n) is 26.1. The molecule has 5 aromatic rings. The van der Waals surface area contributed by atoms with Crippen molar-refractivity contribution >= 4 is 33.0 Å². The highest BCUT2D eigenvalue weighted by Crippen LogP contribution is 2.39. The molecule has 2 aromatic carbocycles. The Labute approximate surface area is 277 Å². The molecule has 10 heteroatoms. The van der Waals surface area contributed by atoms with Gasteiger partial charge in [-0.05, 0) is 66.3 Å². The van der Waals surface area contributed by atoms with E-state index in [9.17, 15) is 9.18 Å². The first-order chi connectivity index (χ1) is 23.1. The second-order valence-electron chi connectivity index (χ2n) is 12.1. The number of aromatic nitrogens is 2. The first-order valence-electron chi connectivity index (χ1n) is 16.1. The van der Waals surface area contributed by atoms with Gasteiger partial charge in [-0.25, -0.2) is 4.39 Å². The van der Waals surface area contributed by atoms with Crippen LogP contribution in [0.25, 0.3) is 20.8 Å². The molecular formula is C37H37FN4O4S. The maximum absolute atomic E-state index is 15.0. The van der Waals surface area contributed by atoms with Crippen LogP contribution in [0.4, 0.5) is 10.1 Å². The Morgan fingerprint density at radius 3 is 2.68 bits per heavy atom. The van der Waals surface area contributed by atoms with Crippen LogP contribution in [0.5, 0.6) is 17.2 Å². The predicted molar refractivity (Wildman–Crippen MR) is 182 cm³/mol. The number of pyridine rings is 2. The monoisotopic (exact) mass is 652 g/mol. The summed E-state index contributed by atoms with van der Waals surface area (Å²) in [6.07, 6.45) is 6.61. The van der Waals surface area contributed by atoms with Crippen LogP contribution in [0.1, 0.15) is 30.4 Å². The largest absolute Gasteiger partial charge is 0.492 e. The molecule has 7 rings (SSSR count).